The van der Waals surface area contributed by atoms with Crippen LogP contribution in [0.3, 0.4) is 0 Å². The van der Waals surface area contributed by atoms with Crippen molar-refractivity contribution in [2.24, 2.45) is 39.7 Å². The Morgan fingerprint density at radius 3 is 2.59 bits per heavy atom. The van der Waals surface area contributed by atoms with E-state index >= 15 is 0 Å². The van der Waals surface area contributed by atoms with E-state index in [4.69, 9.17) is 4.84 Å². The van der Waals surface area contributed by atoms with Crippen LogP contribution in [0.1, 0.15) is 106 Å². The summed E-state index contributed by atoms with van der Waals surface area (Å²) < 4.78 is 14.1. The highest BCUT2D eigenvalue weighted by Crippen LogP contribution is 2.66. The van der Waals surface area contributed by atoms with Crippen LogP contribution in [0, 0.1) is 34.5 Å². The first-order valence-corrected chi connectivity index (χ1v) is 15.5. The van der Waals surface area contributed by atoms with Crippen LogP contribution in [0.25, 0.3) is 0 Å². The highest BCUT2D eigenvalue weighted by atomic mass is 19.1. The normalized spacial score (nSPS) is 40.4. The zero-order valence-electron chi connectivity index (χ0n) is 25.0. The molecule has 1 saturated heterocycles. The van der Waals surface area contributed by atoms with E-state index in [9.17, 15) is 14.0 Å². The average molecular weight is 544 g/mol. The van der Waals surface area contributed by atoms with E-state index in [2.05, 4.69) is 24.3 Å². The molecule has 4 aliphatic carbocycles. The average Bonchev–Trinajstić information content (AvgIpc) is 3.44. The molecule has 39 heavy (non-hydrogen) atoms. The topological polar surface area (TPSA) is 71.0 Å². The quantitative estimate of drug-likeness (QED) is 0.234. The number of alkyl halides is 1. The van der Waals surface area contributed by atoms with Gasteiger partial charge in [-0.1, -0.05) is 24.6 Å². The van der Waals surface area contributed by atoms with Crippen molar-refractivity contribution in [3.8, 4) is 0 Å². The van der Waals surface area contributed by atoms with Crippen LogP contribution in [-0.2, 0) is 9.63 Å². The lowest BCUT2D eigenvalue weighted by Crippen LogP contribution is -2.51. The van der Waals surface area contributed by atoms with Crippen LogP contribution in [-0.4, -0.2) is 53.3 Å². The number of fused-ring (bicyclic) bond motifs is 5. The number of oxime groups is 1. The van der Waals surface area contributed by atoms with Crippen LogP contribution in [0.2, 0.25) is 0 Å². The van der Waals surface area contributed by atoms with E-state index in [1.807, 2.05) is 33.8 Å². The summed E-state index contributed by atoms with van der Waals surface area (Å²) in [5, 5.41) is 7.66. The monoisotopic (exact) mass is 543 g/mol. The van der Waals surface area contributed by atoms with Crippen LogP contribution in [0.5, 0.6) is 0 Å². The molecule has 1 N–H and O–H groups in total. The molecule has 0 bridgehead atoms. The van der Waals surface area contributed by atoms with E-state index in [0.717, 1.165) is 31.4 Å². The number of nitrogens with zero attached hydrogens (tertiary/aromatic N) is 2. The van der Waals surface area contributed by atoms with E-state index in [1.54, 1.807) is 4.90 Å². The van der Waals surface area contributed by atoms with Gasteiger partial charge in [-0.25, -0.2) is 9.18 Å². The second kappa shape index (κ2) is 10.6. The smallest absolute Gasteiger partial charge is 0.311 e. The first kappa shape index (κ1) is 28.8. The van der Waals surface area contributed by atoms with Crippen LogP contribution in [0.15, 0.2) is 16.8 Å². The molecule has 0 aromatic carbocycles. The van der Waals surface area contributed by atoms with Gasteiger partial charge in [-0.05, 0) is 127 Å². The van der Waals surface area contributed by atoms with Crippen molar-refractivity contribution in [2.45, 2.75) is 124 Å². The third-order valence-corrected chi connectivity index (χ3v) is 11.7. The van der Waals surface area contributed by atoms with Crippen LogP contribution in [0.4, 0.5) is 9.18 Å². The molecule has 4 fully saturated rings. The molecule has 1 heterocycles. The molecule has 8 atom stereocenters. The fourth-order valence-electron chi connectivity index (χ4n) is 9.46. The predicted molar refractivity (Wildman–Crippen MR) is 152 cm³/mol. The van der Waals surface area contributed by atoms with Crippen molar-refractivity contribution in [3.63, 3.8) is 0 Å². The van der Waals surface area contributed by atoms with Gasteiger partial charge in [0.1, 0.15) is 6.17 Å². The van der Waals surface area contributed by atoms with Crippen molar-refractivity contribution in [1.29, 1.82) is 0 Å². The Morgan fingerprint density at radius 1 is 1.13 bits per heavy atom. The zero-order chi connectivity index (χ0) is 28.2. The van der Waals surface area contributed by atoms with Gasteiger partial charge in [0, 0.05) is 30.5 Å². The van der Waals surface area contributed by atoms with Gasteiger partial charge in [0.25, 0.3) is 0 Å². The number of ketones is 1. The lowest BCUT2D eigenvalue weighted by Gasteiger charge is -2.58. The van der Waals surface area contributed by atoms with Crippen molar-refractivity contribution < 1.29 is 18.8 Å². The molecule has 6 nitrogen and oxygen atoms in total. The lowest BCUT2D eigenvalue weighted by atomic mass is 9.46. The maximum atomic E-state index is 14.1. The molecule has 1 amide bonds. The third-order valence-electron chi connectivity index (χ3n) is 11.7. The highest BCUT2D eigenvalue weighted by molar-refractivity contribution is 5.91. The molecule has 3 saturated carbocycles. The number of hydrogen-bond donors (Lipinski definition) is 1. The number of hydrogen-bond acceptors (Lipinski definition) is 5. The van der Waals surface area contributed by atoms with E-state index in [1.165, 1.54) is 24.8 Å². The second-order valence-electron chi connectivity index (χ2n) is 14.7. The van der Waals surface area contributed by atoms with Gasteiger partial charge in [0.05, 0.1) is 5.71 Å². The van der Waals surface area contributed by atoms with Gasteiger partial charge >= 0.3 is 6.09 Å². The second-order valence-corrected chi connectivity index (χ2v) is 14.7. The molecule has 0 spiro atoms. The summed E-state index contributed by atoms with van der Waals surface area (Å²) in [6.45, 7) is 14.0. The number of rotatable bonds is 5. The summed E-state index contributed by atoms with van der Waals surface area (Å²) in [5.74, 6) is 2.63. The van der Waals surface area contributed by atoms with Gasteiger partial charge in [0.15, 0.2) is 5.78 Å². The molecule has 2 unspecified atom stereocenters. The van der Waals surface area contributed by atoms with Gasteiger partial charge in [-0.2, -0.15) is 0 Å². The van der Waals surface area contributed by atoms with Crippen molar-refractivity contribution in [1.82, 2.24) is 10.2 Å². The fourth-order valence-corrected chi connectivity index (χ4v) is 9.46. The first-order chi connectivity index (χ1) is 18.3. The third kappa shape index (κ3) is 5.22. The summed E-state index contributed by atoms with van der Waals surface area (Å²) in [6, 6.07) is -0.207. The summed E-state index contributed by atoms with van der Waals surface area (Å²) in [5.41, 5.74) is 2.24. The van der Waals surface area contributed by atoms with Gasteiger partial charge in [-0.3, -0.25) is 9.63 Å². The molecular weight excluding hydrogens is 493 g/mol. The summed E-state index contributed by atoms with van der Waals surface area (Å²) in [7, 11) is 0. The Labute approximate surface area is 234 Å². The van der Waals surface area contributed by atoms with Gasteiger partial charge in [-0.15, -0.1) is 0 Å². The maximum absolute atomic E-state index is 14.1. The molecule has 1 aliphatic heterocycles. The Hall–Kier alpha value is -1.76. The molecule has 0 radical (unpaired) electrons. The lowest BCUT2D eigenvalue weighted by molar-refractivity contribution is -0.117. The Morgan fingerprint density at radius 2 is 1.90 bits per heavy atom. The van der Waals surface area contributed by atoms with Crippen LogP contribution < -0.4 is 5.32 Å². The fraction of sp³-hybridized carbons (Fsp3) is 0.844. The van der Waals surface area contributed by atoms with Crippen molar-refractivity contribution in [3.05, 3.63) is 11.6 Å². The minimum atomic E-state index is -0.857. The molecule has 218 valence electrons. The molecule has 5 rings (SSSR count). The largest absolute Gasteiger partial charge is 0.436 e. The van der Waals surface area contributed by atoms with E-state index in [0.29, 0.717) is 61.8 Å². The maximum Gasteiger partial charge on any atom is 0.436 e. The summed E-state index contributed by atoms with van der Waals surface area (Å²) >= 11 is 0. The Kier molecular flexibility index (Phi) is 7.80. The molecule has 0 aromatic rings. The standard InChI is InChI=1S/C32H50FN3O3/c1-20(35-39-29(38)36(30(2,3)4)18-14-28-27(33)13-17-34-28)24-9-10-25-23-8-7-21-19-22(37)11-15-31(21,5)26(23)12-16-32(24,25)6/h19,23-28,34H,7-18H2,1-6H3/b35-20+/t23-,24+,25-,26-,27?,28?,31-,32+/m0/s1. The van der Waals surface area contributed by atoms with E-state index < -0.39 is 17.8 Å². The van der Waals surface area contributed by atoms with Crippen molar-refractivity contribution >= 4 is 17.6 Å². The zero-order valence-corrected chi connectivity index (χ0v) is 25.0. The number of nitrogens with one attached hydrogen (secondary N) is 1. The number of allylic oxidation sites excluding steroid dienone is 1. The van der Waals surface area contributed by atoms with Gasteiger partial charge < -0.3 is 10.2 Å². The molecule has 5 aliphatic rings. The van der Waals surface area contributed by atoms with Crippen molar-refractivity contribution in [2.75, 3.05) is 13.1 Å². The van der Waals surface area contributed by atoms with Crippen LogP contribution >= 0.6 is 0 Å². The molecule has 7 heteroatoms. The number of halogens is 1. The predicted octanol–water partition coefficient (Wildman–Crippen LogP) is 6.84. The van der Waals surface area contributed by atoms with Gasteiger partial charge in [0.2, 0.25) is 0 Å². The Balaban J connectivity index is 1.25. The minimum Gasteiger partial charge on any atom is -0.311 e. The SMILES string of the molecule is C/C(=N\OC(=O)N(CCC1NCCC1F)C(C)(C)C)[C@H]1CC[C@H]2[C@@H]3CCC4=CC(=O)CC[C@]4(C)[C@H]3CC[C@]12C. The summed E-state index contributed by atoms with van der Waals surface area (Å²) in [6.07, 6.45) is 10.4. The number of carbonyl (C=O) groups is 2. The number of carbonyl (C=O) groups excluding carboxylic acids is 2. The van der Waals surface area contributed by atoms with E-state index in [-0.39, 0.29) is 16.9 Å². The summed E-state index contributed by atoms with van der Waals surface area (Å²) in [4.78, 5) is 32.6. The molecular formula is C32H50FN3O3. The molecule has 0 aromatic heterocycles. The first-order valence-electron chi connectivity index (χ1n) is 15.5. The number of amides is 1. The minimum absolute atomic E-state index is 0.164. The highest BCUT2D eigenvalue weighted by Gasteiger charge is 2.59. The Bertz CT molecular complexity index is 1030.